The lowest BCUT2D eigenvalue weighted by Gasteiger charge is -2.08. The minimum atomic E-state index is -0.150. The molecule has 5 nitrogen and oxygen atoms in total. The van der Waals surface area contributed by atoms with Crippen molar-refractivity contribution in [3.63, 3.8) is 0 Å². The highest BCUT2D eigenvalue weighted by Gasteiger charge is 2.16. The van der Waals surface area contributed by atoms with Crippen LogP contribution in [0.5, 0.6) is 0 Å². The van der Waals surface area contributed by atoms with E-state index in [0.717, 1.165) is 22.6 Å². The van der Waals surface area contributed by atoms with Crippen LogP contribution in [0.2, 0.25) is 0 Å². The molecule has 4 aromatic rings. The van der Waals surface area contributed by atoms with Crippen LogP contribution in [-0.2, 0) is 11.2 Å². The molecule has 4 rings (SSSR count). The first kappa shape index (κ1) is 20.3. The first-order valence-corrected chi connectivity index (χ1v) is 10.1. The molecule has 1 N–H and O–H groups in total. The zero-order valence-corrected chi connectivity index (χ0v) is 17.5. The lowest BCUT2D eigenvalue weighted by Crippen LogP contribution is -2.16. The van der Waals surface area contributed by atoms with Crippen LogP contribution in [0.4, 0.5) is 5.69 Å². The van der Waals surface area contributed by atoms with Gasteiger partial charge in [-0.05, 0) is 38.1 Å². The Morgan fingerprint density at radius 1 is 0.839 bits per heavy atom. The highest BCUT2D eigenvalue weighted by atomic mass is 16.1. The largest absolute Gasteiger partial charge is 0.326 e. The van der Waals surface area contributed by atoms with Crippen molar-refractivity contribution in [2.24, 2.45) is 0 Å². The van der Waals surface area contributed by atoms with E-state index >= 15 is 0 Å². The number of ketones is 1. The summed E-state index contributed by atoms with van der Waals surface area (Å²) >= 11 is 0. The van der Waals surface area contributed by atoms with Gasteiger partial charge in [-0.2, -0.15) is 5.10 Å². The highest BCUT2D eigenvalue weighted by Crippen LogP contribution is 2.20. The van der Waals surface area contributed by atoms with Gasteiger partial charge in [-0.3, -0.25) is 9.59 Å². The van der Waals surface area contributed by atoms with Gasteiger partial charge in [-0.1, -0.05) is 60.7 Å². The highest BCUT2D eigenvalue weighted by molar-refractivity contribution is 6.09. The SMILES string of the molecule is Cc1nn(-c2ccccc2)c(C)c1CC(=O)Nc1cccc(C(=O)c2ccccc2)c1. The number of nitrogens with zero attached hydrogens (tertiary/aromatic N) is 2. The average Bonchev–Trinajstić information content (AvgIpc) is 3.08. The molecule has 1 heterocycles. The number of benzene rings is 3. The van der Waals surface area contributed by atoms with Gasteiger partial charge in [-0.15, -0.1) is 0 Å². The van der Waals surface area contributed by atoms with Gasteiger partial charge < -0.3 is 5.32 Å². The number of aryl methyl sites for hydroxylation is 1. The summed E-state index contributed by atoms with van der Waals surface area (Å²) in [4.78, 5) is 25.4. The summed E-state index contributed by atoms with van der Waals surface area (Å²) in [6.07, 6.45) is 0.210. The van der Waals surface area contributed by atoms with E-state index in [1.54, 1.807) is 36.4 Å². The van der Waals surface area contributed by atoms with Crippen molar-refractivity contribution >= 4 is 17.4 Å². The van der Waals surface area contributed by atoms with Crippen LogP contribution >= 0.6 is 0 Å². The van der Waals surface area contributed by atoms with Crippen molar-refractivity contribution in [1.29, 1.82) is 0 Å². The molecule has 0 spiro atoms. The molecule has 0 aliphatic carbocycles. The van der Waals surface area contributed by atoms with Crippen LogP contribution in [0, 0.1) is 13.8 Å². The summed E-state index contributed by atoms with van der Waals surface area (Å²) in [5.74, 6) is -0.226. The summed E-state index contributed by atoms with van der Waals surface area (Å²) in [6.45, 7) is 3.88. The number of aromatic nitrogens is 2. The summed E-state index contributed by atoms with van der Waals surface area (Å²) in [5, 5.41) is 7.52. The minimum absolute atomic E-state index is 0.0764. The van der Waals surface area contributed by atoms with Gasteiger partial charge in [0.2, 0.25) is 5.91 Å². The normalized spacial score (nSPS) is 10.6. The number of anilines is 1. The summed E-state index contributed by atoms with van der Waals surface area (Å²) in [5.41, 5.74) is 5.37. The molecule has 0 radical (unpaired) electrons. The Bertz CT molecular complexity index is 1230. The molecule has 0 aliphatic heterocycles. The third kappa shape index (κ3) is 4.46. The quantitative estimate of drug-likeness (QED) is 0.461. The van der Waals surface area contributed by atoms with Crippen LogP contribution in [0.3, 0.4) is 0 Å². The molecule has 5 heteroatoms. The topological polar surface area (TPSA) is 64.0 Å². The first-order valence-electron chi connectivity index (χ1n) is 10.1. The molecule has 0 bridgehead atoms. The number of amides is 1. The Morgan fingerprint density at radius 2 is 1.48 bits per heavy atom. The molecular weight excluding hydrogens is 386 g/mol. The molecule has 1 amide bonds. The third-order valence-electron chi connectivity index (χ3n) is 5.22. The fraction of sp³-hybridized carbons (Fsp3) is 0.115. The Labute approximate surface area is 181 Å². The smallest absolute Gasteiger partial charge is 0.228 e. The van der Waals surface area contributed by atoms with Crippen LogP contribution < -0.4 is 5.32 Å². The molecule has 154 valence electrons. The maximum absolute atomic E-state index is 12.8. The molecule has 0 aliphatic rings. The van der Waals surface area contributed by atoms with E-state index in [4.69, 9.17) is 0 Å². The van der Waals surface area contributed by atoms with Gasteiger partial charge in [0.05, 0.1) is 17.8 Å². The lowest BCUT2D eigenvalue weighted by atomic mass is 10.0. The molecule has 0 saturated heterocycles. The van der Waals surface area contributed by atoms with Crippen molar-refractivity contribution in [3.05, 3.63) is 113 Å². The van der Waals surface area contributed by atoms with Gasteiger partial charge >= 0.3 is 0 Å². The van der Waals surface area contributed by atoms with E-state index in [9.17, 15) is 9.59 Å². The summed E-state index contributed by atoms with van der Waals surface area (Å²) in [7, 11) is 0. The lowest BCUT2D eigenvalue weighted by molar-refractivity contribution is -0.115. The molecular formula is C26H23N3O2. The number of carbonyl (C=O) groups excluding carboxylic acids is 2. The second kappa shape index (κ2) is 8.79. The van der Waals surface area contributed by atoms with Crippen LogP contribution in [0.1, 0.15) is 32.9 Å². The van der Waals surface area contributed by atoms with E-state index in [0.29, 0.717) is 16.8 Å². The Balaban J connectivity index is 1.50. The minimum Gasteiger partial charge on any atom is -0.326 e. The number of nitrogens with one attached hydrogen (secondary N) is 1. The Kier molecular flexibility index (Phi) is 5.76. The predicted octanol–water partition coefficient (Wildman–Crippen LogP) is 4.90. The molecule has 3 aromatic carbocycles. The van der Waals surface area contributed by atoms with Gasteiger partial charge in [0, 0.05) is 28.1 Å². The molecule has 0 atom stereocenters. The van der Waals surface area contributed by atoms with Gasteiger partial charge in [-0.25, -0.2) is 4.68 Å². The van der Waals surface area contributed by atoms with Crippen molar-refractivity contribution in [2.75, 3.05) is 5.32 Å². The van der Waals surface area contributed by atoms with Crippen LogP contribution in [0.25, 0.3) is 5.69 Å². The maximum atomic E-state index is 12.8. The second-order valence-corrected chi connectivity index (χ2v) is 7.40. The fourth-order valence-corrected chi connectivity index (χ4v) is 3.61. The predicted molar refractivity (Wildman–Crippen MR) is 122 cm³/mol. The average molecular weight is 409 g/mol. The zero-order chi connectivity index (χ0) is 21.8. The molecule has 0 unspecified atom stereocenters. The van der Waals surface area contributed by atoms with Crippen LogP contribution in [0.15, 0.2) is 84.9 Å². The number of hydrogen-bond donors (Lipinski definition) is 1. The van der Waals surface area contributed by atoms with Crippen LogP contribution in [-0.4, -0.2) is 21.5 Å². The number of hydrogen-bond acceptors (Lipinski definition) is 3. The van der Waals surface area contributed by atoms with E-state index in [-0.39, 0.29) is 18.1 Å². The maximum Gasteiger partial charge on any atom is 0.228 e. The van der Waals surface area contributed by atoms with Crippen molar-refractivity contribution < 1.29 is 9.59 Å². The standard InChI is InChI=1S/C26H23N3O2/c1-18-24(19(2)29(28-18)23-14-7-4-8-15-23)17-25(30)27-22-13-9-12-21(16-22)26(31)20-10-5-3-6-11-20/h3-16H,17H2,1-2H3,(H,27,30). The summed E-state index contributed by atoms with van der Waals surface area (Å²) in [6, 6.07) is 26.0. The Hall–Kier alpha value is -3.99. The number of rotatable bonds is 6. The first-order chi connectivity index (χ1) is 15.0. The monoisotopic (exact) mass is 409 g/mol. The second-order valence-electron chi connectivity index (χ2n) is 7.40. The van der Waals surface area contributed by atoms with E-state index < -0.39 is 0 Å². The molecule has 0 saturated carbocycles. The molecule has 31 heavy (non-hydrogen) atoms. The third-order valence-corrected chi connectivity index (χ3v) is 5.22. The number of para-hydroxylation sites is 1. The van der Waals surface area contributed by atoms with Gasteiger partial charge in [0.25, 0.3) is 0 Å². The van der Waals surface area contributed by atoms with Crippen molar-refractivity contribution in [3.8, 4) is 5.69 Å². The van der Waals surface area contributed by atoms with E-state index in [1.807, 2.05) is 67.1 Å². The van der Waals surface area contributed by atoms with E-state index in [2.05, 4.69) is 10.4 Å². The Morgan fingerprint density at radius 3 is 2.19 bits per heavy atom. The van der Waals surface area contributed by atoms with Gasteiger partial charge in [0.15, 0.2) is 5.78 Å². The fourth-order valence-electron chi connectivity index (χ4n) is 3.61. The summed E-state index contributed by atoms with van der Waals surface area (Å²) < 4.78 is 1.86. The number of carbonyl (C=O) groups is 2. The van der Waals surface area contributed by atoms with Crippen molar-refractivity contribution in [1.82, 2.24) is 9.78 Å². The van der Waals surface area contributed by atoms with Crippen molar-refractivity contribution in [2.45, 2.75) is 20.3 Å². The van der Waals surface area contributed by atoms with Gasteiger partial charge in [0.1, 0.15) is 0 Å². The zero-order valence-electron chi connectivity index (χ0n) is 17.5. The molecule has 1 aromatic heterocycles. The molecule has 0 fully saturated rings. The van der Waals surface area contributed by atoms with E-state index in [1.165, 1.54) is 0 Å².